The zero-order chi connectivity index (χ0) is 11.7. The molecule has 0 unspecified atom stereocenters. The average molecular weight is 326 g/mol. The lowest BCUT2D eigenvalue weighted by atomic mass is 9.99. The highest BCUT2D eigenvalue weighted by Gasteiger charge is 2.30. The molecule has 16 heavy (non-hydrogen) atoms. The molecule has 1 amide bonds. The summed E-state index contributed by atoms with van der Waals surface area (Å²) in [6.45, 7) is 4.39. The fourth-order valence-electron chi connectivity index (χ4n) is 1.56. The Labute approximate surface area is 110 Å². The van der Waals surface area contributed by atoms with Crippen molar-refractivity contribution in [1.82, 2.24) is 4.90 Å². The van der Waals surface area contributed by atoms with Crippen molar-refractivity contribution < 1.29 is 9.53 Å². The lowest BCUT2D eigenvalue weighted by Gasteiger charge is -2.30. The van der Waals surface area contributed by atoms with E-state index in [-0.39, 0.29) is 12.2 Å². The van der Waals surface area contributed by atoms with Crippen molar-refractivity contribution in [1.29, 1.82) is 0 Å². The monoisotopic (exact) mass is 326 g/mol. The first-order valence-electron chi connectivity index (χ1n) is 4.91. The van der Waals surface area contributed by atoms with E-state index in [1.54, 1.807) is 4.90 Å². The van der Waals surface area contributed by atoms with Gasteiger partial charge in [-0.15, -0.1) is 46.9 Å². The molecule has 0 bridgehead atoms. The number of allylic oxidation sites excluding steroid dienone is 3. The van der Waals surface area contributed by atoms with Gasteiger partial charge in [0, 0.05) is 0 Å². The molecule has 1 heterocycles. The molecular weight excluding hydrogens is 316 g/mol. The Bertz CT molecular complexity index is 391. The van der Waals surface area contributed by atoms with Crippen molar-refractivity contribution in [3.63, 3.8) is 0 Å². The predicted molar refractivity (Wildman–Crippen MR) is 71.2 cm³/mol. The van der Waals surface area contributed by atoms with Crippen LogP contribution in [0, 0.1) is 6.04 Å². The van der Waals surface area contributed by atoms with Crippen LogP contribution in [0.2, 0.25) is 6.32 Å². The third kappa shape index (κ3) is 2.14. The summed E-state index contributed by atoms with van der Waals surface area (Å²) in [5.74, 6) is 0. The Balaban J connectivity index is 2.12. The Kier molecular flexibility index (Phi) is 3.32. The van der Waals surface area contributed by atoms with Gasteiger partial charge < -0.3 is 9.64 Å². The molecule has 1 aliphatic carbocycles. The summed E-state index contributed by atoms with van der Waals surface area (Å²) >= 11 is 2.19. The third-order valence-electron chi connectivity index (χ3n) is 2.49. The highest BCUT2D eigenvalue weighted by atomic mass is 127. The van der Waals surface area contributed by atoms with Gasteiger partial charge in [-0.2, -0.15) is 6.08 Å². The first kappa shape index (κ1) is 11.6. The van der Waals surface area contributed by atoms with Crippen LogP contribution in [-0.2, 0) is 4.74 Å². The molecule has 0 aromatic carbocycles. The lowest BCUT2D eigenvalue weighted by molar-refractivity contribution is 0.140. The predicted octanol–water partition coefficient (Wildman–Crippen LogP) is 2.37. The van der Waals surface area contributed by atoms with E-state index in [9.17, 15) is 4.79 Å². The highest BCUT2D eigenvalue weighted by molar-refractivity contribution is 14.1. The molecule has 0 aromatic heterocycles. The van der Waals surface area contributed by atoms with E-state index in [4.69, 9.17) is 12.6 Å². The van der Waals surface area contributed by atoms with E-state index in [1.807, 2.05) is 18.2 Å². The summed E-state index contributed by atoms with van der Waals surface area (Å²) in [5.41, 5.74) is 0.951. The SMILES string of the molecule is [B]C[C@H]1CN([C-]2C=CC(=C)C(I)=C2)C(=O)O1. The molecule has 1 atom stereocenters. The fourth-order valence-corrected chi connectivity index (χ4v) is 2.06. The minimum absolute atomic E-state index is 0.204. The van der Waals surface area contributed by atoms with Crippen LogP contribution in [0.4, 0.5) is 4.79 Å². The number of amides is 1. The number of halogens is 1. The van der Waals surface area contributed by atoms with Crippen molar-refractivity contribution in [3.8, 4) is 0 Å². The van der Waals surface area contributed by atoms with Gasteiger partial charge in [-0.3, -0.25) is 0 Å². The Hall–Kier alpha value is -0.845. The molecule has 0 spiro atoms. The number of nitrogens with zero attached hydrogens (tertiary/aromatic N) is 1. The summed E-state index contributed by atoms with van der Waals surface area (Å²) in [7, 11) is 5.47. The average Bonchev–Trinajstić information content (AvgIpc) is 2.64. The minimum Gasteiger partial charge on any atom is -0.445 e. The summed E-state index contributed by atoms with van der Waals surface area (Å²) in [6, 6.07) is 0.831. The minimum atomic E-state index is -0.330. The van der Waals surface area contributed by atoms with E-state index < -0.39 is 0 Å². The van der Waals surface area contributed by atoms with Gasteiger partial charge >= 0.3 is 6.09 Å². The summed E-state index contributed by atoms with van der Waals surface area (Å²) in [4.78, 5) is 13.2. The number of hydrogen-bond acceptors (Lipinski definition) is 2. The summed E-state index contributed by atoms with van der Waals surface area (Å²) < 4.78 is 6.12. The second kappa shape index (κ2) is 4.57. The van der Waals surface area contributed by atoms with Gasteiger partial charge in [0.05, 0.1) is 14.4 Å². The van der Waals surface area contributed by atoms with Crippen LogP contribution >= 0.6 is 22.6 Å². The van der Waals surface area contributed by atoms with Gasteiger partial charge in [0.1, 0.15) is 6.10 Å². The Morgan fingerprint density at radius 2 is 2.50 bits per heavy atom. The maximum Gasteiger partial charge on any atom is 0.403 e. The second-order valence-electron chi connectivity index (χ2n) is 3.63. The van der Waals surface area contributed by atoms with Crippen molar-refractivity contribution in [2.75, 3.05) is 6.54 Å². The van der Waals surface area contributed by atoms with Crippen molar-refractivity contribution in [3.05, 3.63) is 40.0 Å². The van der Waals surface area contributed by atoms with Crippen molar-refractivity contribution in [2.45, 2.75) is 12.4 Å². The number of carbonyl (C=O) groups excluding carboxylic acids is 1. The normalized spacial score (nSPS) is 24.8. The molecule has 1 fully saturated rings. The molecule has 1 aliphatic heterocycles. The van der Waals surface area contributed by atoms with Crippen LogP contribution in [0.25, 0.3) is 0 Å². The van der Waals surface area contributed by atoms with E-state index in [0.29, 0.717) is 12.9 Å². The third-order valence-corrected chi connectivity index (χ3v) is 3.49. The summed E-state index contributed by atoms with van der Waals surface area (Å²) in [6.07, 6.45) is 5.49. The number of cyclic esters (lactones) is 1. The maximum atomic E-state index is 11.6. The zero-order valence-electron chi connectivity index (χ0n) is 8.65. The number of rotatable bonds is 2. The van der Waals surface area contributed by atoms with Gasteiger partial charge in [-0.25, -0.2) is 4.79 Å². The molecule has 2 aliphatic rings. The van der Waals surface area contributed by atoms with Crippen LogP contribution in [-0.4, -0.2) is 31.5 Å². The van der Waals surface area contributed by atoms with Crippen molar-refractivity contribution in [2.24, 2.45) is 0 Å². The van der Waals surface area contributed by atoms with Gasteiger partial charge in [0.25, 0.3) is 0 Å². The maximum absolute atomic E-state index is 11.6. The molecule has 0 saturated carbocycles. The molecule has 3 nitrogen and oxygen atoms in total. The highest BCUT2D eigenvalue weighted by Crippen LogP contribution is 2.31. The van der Waals surface area contributed by atoms with Crippen LogP contribution in [0.3, 0.4) is 0 Å². The second-order valence-corrected chi connectivity index (χ2v) is 4.79. The van der Waals surface area contributed by atoms with Crippen LogP contribution in [0.5, 0.6) is 0 Å². The van der Waals surface area contributed by atoms with Crippen LogP contribution in [0.15, 0.2) is 34.0 Å². The fraction of sp³-hybridized carbons (Fsp3) is 0.273. The molecular formula is C11H10BINO2-. The smallest absolute Gasteiger partial charge is 0.403 e. The van der Waals surface area contributed by atoms with Gasteiger partial charge in [0.2, 0.25) is 0 Å². The van der Waals surface area contributed by atoms with E-state index in [1.165, 1.54) is 0 Å². The number of ether oxygens (including phenoxy) is 1. The van der Waals surface area contributed by atoms with E-state index in [2.05, 4.69) is 29.2 Å². The van der Waals surface area contributed by atoms with E-state index in [0.717, 1.165) is 15.2 Å². The lowest BCUT2D eigenvalue weighted by Crippen LogP contribution is -2.28. The van der Waals surface area contributed by atoms with Gasteiger partial charge in [-0.1, -0.05) is 15.9 Å². The molecule has 82 valence electrons. The van der Waals surface area contributed by atoms with Gasteiger partial charge in [-0.05, 0) is 0 Å². The first-order valence-corrected chi connectivity index (χ1v) is 5.99. The molecule has 2 radical (unpaired) electrons. The quantitative estimate of drug-likeness (QED) is 0.443. The standard InChI is InChI=1S/C11H10BINO2/c1-7-2-3-8(4-10(7)13)14-6-9(5-12)16-11(14)15/h2-4,9H,1,5-6H2/q-1/t9-/m0/s1. The Morgan fingerprint density at radius 1 is 1.75 bits per heavy atom. The summed E-state index contributed by atoms with van der Waals surface area (Å²) in [5, 5.41) is 0. The number of carbonyl (C=O) groups is 1. The molecule has 2 rings (SSSR count). The zero-order valence-corrected chi connectivity index (χ0v) is 10.8. The van der Waals surface area contributed by atoms with Crippen LogP contribution < -0.4 is 0 Å². The Morgan fingerprint density at radius 3 is 3.06 bits per heavy atom. The van der Waals surface area contributed by atoms with E-state index >= 15 is 0 Å². The largest absolute Gasteiger partial charge is 0.445 e. The molecule has 1 saturated heterocycles. The van der Waals surface area contributed by atoms with Crippen LogP contribution in [0.1, 0.15) is 0 Å². The molecule has 0 N–H and O–H groups in total. The molecule has 5 heteroatoms. The van der Waals surface area contributed by atoms with Crippen molar-refractivity contribution >= 4 is 36.5 Å². The number of hydrogen-bond donors (Lipinski definition) is 0. The first-order chi connectivity index (χ1) is 7.61. The molecule has 0 aromatic rings. The topological polar surface area (TPSA) is 29.5 Å². The van der Waals surface area contributed by atoms with Gasteiger partial charge in [0.15, 0.2) is 0 Å².